The van der Waals surface area contributed by atoms with Gasteiger partial charge in [0.1, 0.15) is 0 Å². The Bertz CT molecular complexity index is 380. The van der Waals surface area contributed by atoms with Gasteiger partial charge in [-0.3, -0.25) is 4.79 Å². The van der Waals surface area contributed by atoms with Gasteiger partial charge in [-0.1, -0.05) is 32.0 Å². The van der Waals surface area contributed by atoms with Crippen molar-refractivity contribution in [3.63, 3.8) is 0 Å². The molecule has 0 unspecified atom stereocenters. The summed E-state index contributed by atoms with van der Waals surface area (Å²) in [5.74, 6) is -0.825. The average Bonchev–Trinajstić information content (AvgIpc) is 2.18. The lowest BCUT2D eigenvalue weighted by atomic mass is 9.88. The van der Waals surface area contributed by atoms with Gasteiger partial charge in [0.05, 0.1) is 5.92 Å². The molecule has 0 bridgehead atoms. The molecule has 0 aliphatic rings. The Morgan fingerprint density at radius 3 is 2.31 bits per heavy atom. The lowest BCUT2D eigenvalue weighted by Crippen LogP contribution is -2.22. The van der Waals surface area contributed by atoms with Gasteiger partial charge in [-0.25, -0.2) is 0 Å². The summed E-state index contributed by atoms with van der Waals surface area (Å²) >= 11 is 0. The van der Waals surface area contributed by atoms with Gasteiger partial charge >= 0.3 is 5.97 Å². The maximum atomic E-state index is 11.1. The molecule has 0 amide bonds. The first-order valence-corrected chi connectivity index (χ1v) is 5.70. The molecule has 1 aromatic carbocycles. The number of aryl methyl sites for hydroxylation is 2. The van der Waals surface area contributed by atoms with Crippen LogP contribution in [0.1, 0.15) is 30.5 Å². The van der Waals surface area contributed by atoms with Crippen LogP contribution in [0.2, 0.25) is 0 Å². The quantitative estimate of drug-likeness (QED) is 0.846. The first kappa shape index (κ1) is 12.8. The Morgan fingerprint density at radius 1 is 1.25 bits per heavy atom. The van der Waals surface area contributed by atoms with Gasteiger partial charge in [0.2, 0.25) is 0 Å². The van der Waals surface area contributed by atoms with E-state index in [1.165, 1.54) is 11.1 Å². The molecular formula is C14H20O2. The van der Waals surface area contributed by atoms with E-state index in [1.54, 1.807) is 0 Å². The van der Waals surface area contributed by atoms with Gasteiger partial charge in [-0.15, -0.1) is 0 Å². The molecule has 0 saturated heterocycles. The average molecular weight is 220 g/mol. The van der Waals surface area contributed by atoms with Gasteiger partial charge in [-0.2, -0.15) is 0 Å². The van der Waals surface area contributed by atoms with Crippen LogP contribution in [-0.2, 0) is 11.2 Å². The van der Waals surface area contributed by atoms with E-state index in [0.29, 0.717) is 6.42 Å². The molecule has 0 aliphatic carbocycles. The zero-order valence-electron chi connectivity index (χ0n) is 10.4. The van der Waals surface area contributed by atoms with Crippen LogP contribution in [0, 0.1) is 25.7 Å². The lowest BCUT2D eigenvalue weighted by molar-refractivity contribution is -0.143. The zero-order valence-corrected chi connectivity index (χ0v) is 10.4. The third-order valence-corrected chi connectivity index (χ3v) is 3.15. The van der Waals surface area contributed by atoms with E-state index in [9.17, 15) is 4.79 Å². The molecule has 16 heavy (non-hydrogen) atoms. The van der Waals surface area contributed by atoms with Crippen LogP contribution in [0.4, 0.5) is 0 Å². The van der Waals surface area contributed by atoms with Gasteiger partial charge in [-0.05, 0) is 42.9 Å². The summed E-state index contributed by atoms with van der Waals surface area (Å²) in [5, 5.41) is 9.13. The molecule has 0 heterocycles. The smallest absolute Gasteiger partial charge is 0.307 e. The Morgan fingerprint density at radius 2 is 1.88 bits per heavy atom. The number of rotatable bonds is 4. The van der Waals surface area contributed by atoms with E-state index < -0.39 is 5.97 Å². The fraction of sp³-hybridized carbons (Fsp3) is 0.500. The minimum absolute atomic E-state index is 0.166. The minimum Gasteiger partial charge on any atom is -0.481 e. The van der Waals surface area contributed by atoms with Crippen molar-refractivity contribution in [1.82, 2.24) is 0 Å². The Balaban J connectivity index is 2.86. The van der Waals surface area contributed by atoms with E-state index >= 15 is 0 Å². The van der Waals surface area contributed by atoms with Crippen LogP contribution >= 0.6 is 0 Å². The van der Waals surface area contributed by atoms with E-state index in [4.69, 9.17) is 5.11 Å². The topological polar surface area (TPSA) is 37.3 Å². The third kappa shape index (κ3) is 3.09. The summed E-state index contributed by atoms with van der Waals surface area (Å²) in [6.45, 7) is 8.04. The summed E-state index contributed by atoms with van der Waals surface area (Å²) < 4.78 is 0. The minimum atomic E-state index is -0.701. The summed E-state index contributed by atoms with van der Waals surface area (Å²) in [7, 11) is 0. The summed E-state index contributed by atoms with van der Waals surface area (Å²) in [5.41, 5.74) is 3.59. The molecule has 2 heteroatoms. The molecule has 2 nitrogen and oxygen atoms in total. The maximum Gasteiger partial charge on any atom is 0.307 e. The summed E-state index contributed by atoms with van der Waals surface area (Å²) in [4.78, 5) is 11.1. The van der Waals surface area contributed by atoms with Crippen molar-refractivity contribution in [2.45, 2.75) is 34.1 Å². The summed E-state index contributed by atoms with van der Waals surface area (Å²) in [6, 6.07) is 6.18. The molecule has 1 rings (SSSR count). The summed E-state index contributed by atoms with van der Waals surface area (Å²) in [6.07, 6.45) is 0.619. The van der Waals surface area contributed by atoms with Crippen molar-refractivity contribution in [3.8, 4) is 0 Å². The van der Waals surface area contributed by atoms with Gasteiger partial charge in [0.25, 0.3) is 0 Å². The SMILES string of the molecule is Cc1ccc(C[C@@H](C(=O)O)C(C)C)cc1C. The van der Waals surface area contributed by atoms with Crippen molar-refractivity contribution >= 4 is 5.97 Å². The molecule has 1 atom stereocenters. The first-order valence-electron chi connectivity index (χ1n) is 5.70. The standard InChI is InChI=1S/C14H20O2/c1-9(2)13(14(15)16)8-12-6-5-10(3)11(4)7-12/h5-7,9,13H,8H2,1-4H3,(H,15,16)/t13-/m1/s1. The predicted octanol–water partition coefficient (Wildman–Crippen LogP) is 3.20. The molecule has 1 N–H and O–H groups in total. The largest absolute Gasteiger partial charge is 0.481 e. The van der Waals surface area contributed by atoms with Crippen molar-refractivity contribution in [1.29, 1.82) is 0 Å². The van der Waals surface area contributed by atoms with E-state index in [2.05, 4.69) is 26.0 Å². The molecule has 0 aromatic heterocycles. The second kappa shape index (κ2) is 5.15. The van der Waals surface area contributed by atoms with Crippen molar-refractivity contribution in [2.75, 3.05) is 0 Å². The van der Waals surface area contributed by atoms with Crippen molar-refractivity contribution in [3.05, 3.63) is 34.9 Å². The van der Waals surface area contributed by atoms with Crippen molar-refractivity contribution < 1.29 is 9.90 Å². The number of carboxylic acid groups (broad SMARTS) is 1. The number of carbonyl (C=O) groups is 1. The van der Waals surface area contributed by atoms with E-state index in [-0.39, 0.29) is 11.8 Å². The van der Waals surface area contributed by atoms with Crippen LogP contribution < -0.4 is 0 Å². The molecule has 0 aliphatic heterocycles. The molecule has 0 spiro atoms. The fourth-order valence-electron chi connectivity index (χ4n) is 1.79. The lowest BCUT2D eigenvalue weighted by Gasteiger charge is -2.16. The van der Waals surface area contributed by atoms with Crippen molar-refractivity contribution in [2.24, 2.45) is 11.8 Å². The number of hydrogen-bond acceptors (Lipinski definition) is 1. The highest BCUT2D eigenvalue weighted by Gasteiger charge is 2.21. The Kier molecular flexibility index (Phi) is 4.11. The second-order valence-corrected chi connectivity index (χ2v) is 4.81. The third-order valence-electron chi connectivity index (χ3n) is 3.15. The van der Waals surface area contributed by atoms with Crippen LogP contribution in [0.5, 0.6) is 0 Å². The number of aliphatic carboxylic acids is 1. The molecule has 1 aromatic rings. The molecule has 0 radical (unpaired) electrons. The fourth-order valence-corrected chi connectivity index (χ4v) is 1.79. The van der Waals surface area contributed by atoms with E-state index in [1.807, 2.05) is 19.9 Å². The van der Waals surface area contributed by atoms with Crippen LogP contribution in [0.3, 0.4) is 0 Å². The molecule has 0 saturated carbocycles. The molecule has 0 fully saturated rings. The second-order valence-electron chi connectivity index (χ2n) is 4.81. The van der Waals surface area contributed by atoms with Crippen LogP contribution in [0.25, 0.3) is 0 Å². The first-order chi connectivity index (χ1) is 7.41. The predicted molar refractivity (Wildman–Crippen MR) is 65.6 cm³/mol. The normalized spacial score (nSPS) is 12.8. The highest BCUT2D eigenvalue weighted by molar-refractivity contribution is 5.70. The number of benzene rings is 1. The van der Waals surface area contributed by atoms with Crippen LogP contribution in [0.15, 0.2) is 18.2 Å². The molecular weight excluding hydrogens is 200 g/mol. The number of carboxylic acids is 1. The number of hydrogen-bond donors (Lipinski definition) is 1. The van der Waals surface area contributed by atoms with Gasteiger partial charge in [0.15, 0.2) is 0 Å². The Hall–Kier alpha value is -1.31. The van der Waals surface area contributed by atoms with E-state index in [0.717, 1.165) is 5.56 Å². The zero-order chi connectivity index (χ0) is 12.3. The molecule has 88 valence electrons. The van der Waals surface area contributed by atoms with Gasteiger partial charge < -0.3 is 5.11 Å². The van der Waals surface area contributed by atoms with Crippen LogP contribution in [-0.4, -0.2) is 11.1 Å². The highest BCUT2D eigenvalue weighted by atomic mass is 16.4. The monoisotopic (exact) mass is 220 g/mol. The maximum absolute atomic E-state index is 11.1. The Labute approximate surface area is 97.3 Å². The van der Waals surface area contributed by atoms with Gasteiger partial charge in [0, 0.05) is 0 Å². The highest BCUT2D eigenvalue weighted by Crippen LogP contribution is 2.19.